The van der Waals surface area contributed by atoms with Gasteiger partial charge in [0, 0.05) is 30.0 Å². The predicted molar refractivity (Wildman–Crippen MR) is 93.3 cm³/mol. The zero-order chi connectivity index (χ0) is 17.3. The van der Waals surface area contributed by atoms with Crippen LogP contribution in [0, 0.1) is 11.3 Å². The quantitative estimate of drug-likeness (QED) is 0.865. The number of amides is 1. The monoisotopic (exact) mass is 318 g/mol. The molecular weight excluding hydrogens is 298 g/mol. The Labute approximate surface area is 141 Å². The third-order valence-electron chi connectivity index (χ3n) is 4.71. The van der Waals surface area contributed by atoms with Crippen LogP contribution in [0.15, 0.2) is 48.5 Å². The Morgan fingerprint density at radius 1 is 1.25 bits per heavy atom. The maximum Gasteiger partial charge on any atom is 0.410 e. The van der Waals surface area contributed by atoms with E-state index >= 15 is 0 Å². The largest absolute Gasteiger partial charge is 0.410 e. The van der Waals surface area contributed by atoms with Crippen LogP contribution < -0.4 is 5.73 Å². The van der Waals surface area contributed by atoms with Crippen molar-refractivity contribution in [2.75, 3.05) is 0 Å². The fraction of sp³-hybridized carbons (Fsp3) is 0.250. The molecule has 3 rings (SSSR count). The van der Waals surface area contributed by atoms with Crippen LogP contribution in [0.5, 0.6) is 0 Å². The van der Waals surface area contributed by atoms with Gasteiger partial charge in [0.05, 0.1) is 11.6 Å². The molecule has 0 spiro atoms. The molecule has 2 N–H and O–H groups in total. The molecule has 4 nitrogen and oxygen atoms in total. The lowest BCUT2D eigenvalue weighted by Gasteiger charge is -2.26. The minimum Gasteiger partial charge on any atom is -0.315 e. The van der Waals surface area contributed by atoms with E-state index in [2.05, 4.69) is 6.07 Å². The van der Waals surface area contributed by atoms with Crippen LogP contribution in [0.4, 0.5) is 5.69 Å². The molecule has 120 valence electrons. The van der Waals surface area contributed by atoms with Crippen LogP contribution in [0.2, 0.25) is 0 Å². The first-order chi connectivity index (χ1) is 11.6. The molecule has 4 heteroatoms. The number of nitrogens with zero attached hydrogens (tertiary/aromatic N) is 2. The van der Waals surface area contributed by atoms with E-state index in [-0.39, 0.29) is 11.8 Å². The molecule has 0 saturated carbocycles. The Morgan fingerprint density at radius 2 is 1.96 bits per heavy atom. The highest BCUT2D eigenvalue weighted by Crippen LogP contribution is 2.37. The summed E-state index contributed by atoms with van der Waals surface area (Å²) in [4.78, 5) is 13.0. The Hall–Kier alpha value is -2.77. The predicted octanol–water partition coefficient (Wildman–Crippen LogP) is 3.07. The summed E-state index contributed by atoms with van der Waals surface area (Å²) in [5, 5.41) is 9.24. The summed E-state index contributed by atoms with van der Waals surface area (Å²) in [7, 11) is 0. The molecule has 0 fully saturated rings. The summed E-state index contributed by atoms with van der Waals surface area (Å²) < 4.78 is 1.67. The normalized spacial score (nSPS) is 21.8. The van der Waals surface area contributed by atoms with E-state index in [0.29, 0.717) is 5.56 Å². The second-order valence-electron chi connectivity index (χ2n) is 6.05. The number of nitrogens with two attached hydrogens (primary N) is 1. The molecule has 2 aromatic rings. The third kappa shape index (κ3) is 2.53. The molecule has 0 radical (unpaired) electrons. The van der Waals surface area contributed by atoms with Gasteiger partial charge in [0.15, 0.2) is 5.71 Å². The van der Waals surface area contributed by atoms with Gasteiger partial charge in [-0.2, -0.15) is 5.26 Å². The molecule has 2 aromatic carbocycles. The molecule has 0 saturated heterocycles. The van der Waals surface area contributed by atoms with Crippen LogP contribution in [0.1, 0.15) is 42.9 Å². The Balaban J connectivity index is 2.31. The van der Waals surface area contributed by atoms with E-state index in [1.807, 2.05) is 50.2 Å². The number of carbonyl (C=O) groups excluding carboxylic acids is 1. The van der Waals surface area contributed by atoms with Gasteiger partial charge in [-0.15, -0.1) is 4.58 Å². The lowest BCUT2D eigenvalue weighted by Crippen LogP contribution is -2.46. The summed E-state index contributed by atoms with van der Waals surface area (Å²) in [6.45, 7) is 3.94. The van der Waals surface area contributed by atoms with Crippen LogP contribution in [-0.2, 0) is 4.79 Å². The highest BCUT2D eigenvalue weighted by Gasteiger charge is 2.43. The van der Waals surface area contributed by atoms with E-state index in [0.717, 1.165) is 28.9 Å². The standard InChI is InChI=1S/C20H20N3O/c1-3-16-17-10-9-14(12-21)11-18(17)23(20(24)19(16)22)13(2)15-7-5-4-6-8-15/h4-11,16,19H,3,22H2,1-2H3/q+1/t16?,19-/m1/s1. The van der Waals surface area contributed by atoms with Gasteiger partial charge in [0.2, 0.25) is 5.69 Å². The van der Waals surface area contributed by atoms with Crippen molar-refractivity contribution in [3.8, 4) is 6.07 Å². The number of nitriles is 1. The zero-order valence-electron chi connectivity index (χ0n) is 13.9. The second-order valence-corrected chi connectivity index (χ2v) is 6.05. The summed E-state index contributed by atoms with van der Waals surface area (Å²) in [6.07, 6.45) is 0.782. The van der Waals surface area contributed by atoms with Gasteiger partial charge in [-0.05, 0) is 24.6 Å². The SMILES string of the molecule is CCC1c2ccc(C#N)cc2[N+](=C(C)c2ccccc2)C(=O)[C@@H]1N. The van der Waals surface area contributed by atoms with E-state index in [4.69, 9.17) is 5.73 Å². The number of fused-ring (bicyclic) bond motifs is 1. The van der Waals surface area contributed by atoms with Crippen molar-refractivity contribution >= 4 is 17.3 Å². The van der Waals surface area contributed by atoms with E-state index in [1.165, 1.54) is 0 Å². The van der Waals surface area contributed by atoms with Crippen molar-refractivity contribution < 1.29 is 9.37 Å². The fourth-order valence-electron chi connectivity index (χ4n) is 3.38. The molecule has 0 bridgehead atoms. The first kappa shape index (κ1) is 16.1. The van der Waals surface area contributed by atoms with Crippen molar-refractivity contribution in [1.82, 2.24) is 0 Å². The van der Waals surface area contributed by atoms with Gasteiger partial charge in [-0.25, -0.2) is 4.79 Å². The smallest absolute Gasteiger partial charge is 0.315 e. The Kier molecular flexibility index (Phi) is 4.28. The lowest BCUT2D eigenvalue weighted by molar-refractivity contribution is -0.374. The van der Waals surface area contributed by atoms with Crippen molar-refractivity contribution in [3.05, 3.63) is 65.2 Å². The number of hydrogen-bond acceptors (Lipinski definition) is 3. The maximum absolute atomic E-state index is 13.0. The Bertz CT molecular complexity index is 862. The summed E-state index contributed by atoms with van der Waals surface area (Å²) in [5.74, 6) is -0.147. The van der Waals surface area contributed by atoms with Crippen molar-refractivity contribution in [1.29, 1.82) is 5.26 Å². The summed E-state index contributed by atoms with van der Waals surface area (Å²) >= 11 is 0. The summed E-state index contributed by atoms with van der Waals surface area (Å²) in [5.41, 5.74) is 10.4. The van der Waals surface area contributed by atoms with Crippen LogP contribution in [0.25, 0.3) is 0 Å². The molecule has 0 aromatic heterocycles. The van der Waals surface area contributed by atoms with Gasteiger partial charge in [-0.3, -0.25) is 0 Å². The molecule has 1 unspecified atom stereocenters. The van der Waals surface area contributed by atoms with Gasteiger partial charge >= 0.3 is 5.91 Å². The summed E-state index contributed by atoms with van der Waals surface area (Å²) in [6, 6.07) is 16.8. The fourth-order valence-corrected chi connectivity index (χ4v) is 3.38. The number of rotatable bonds is 2. The topological polar surface area (TPSA) is 69.9 Å². The highest BCUT2D eigenvalue weighted by molar-refractivity contribution is 6.00. The van der Waals surface area contributed by atoms with Crippen molar-refractivity contribution in [2.45, 2.75) is 32.2 Å². The first-order valence-electron chi connectivity index (χ1n) is 8.11. The first-order valence-corrected chi connectivity index (χ1v) is 8.11. The minimum atomic E-state index is -0.575. The minimum absolute atomic E-state index is 0.0277. The number of carbonyl (C=O) groups is 1. The third-order valence-corrected chi connectivity index (χ3v) is 4.71. The second kappa shape index (κ2) is 6.38. The van der Waals surface area contributed by atoms with Gasteiger partial charge in [0.1, 0.15) is 6.04 Å². The van der Waals surface area contributed by atoms with Crippen molar-refractivity contribution in [3.63, 3.8) is 0 Å². The molecule has 1 amide bonds. The van der Waals surface area contributed by atoms with Gasteiger partial charge in [0.25, 0.3) is 0 Å². The highest BCUT2D eigenvalue weighted by atomic mass is 16.2. The van der Waals surface area contributed by atoms with E-state index in [9.17, 15) is 10.1 Å². The average molecular weight is 318 g/mol. The average Bonchev–Trinajstić information content (AvgIpc) is 2.63. The zero-order valence-corrected chi connectivity index (χ0v) is 13.9. The number of benzene rings is 2. The van der Waals surface area contributed by atoms with Crippen LogP contribution >= 0.6 is 0 Å². The van der Waals surface area contributed by atoms with Gasteiger partial charge < -0.3 is 5.73 Å². The van der Waals surface area contributed by atoms with Gasteiger partial charge in [-0.1, -0.05) is 31.2 Å². The molecule has 2 atom stereocenters. The Morgan fingerprint density at radius 3 is 2.58 bits per heavy atom. The van der Waals surface area contributed by atoms with E-state index < -0.39 is 6.04 Å². The van der Waals surface area contributed by atoms with Crippen LogP contribution in [-0.4, -0.2) is 22.2 Å². The number of hydrogen-bond donors (Lipinski definition) is 1. The molecule has 1 aliphatic heterocycles. The van der Waals surface area contributed by atoms with Crippen molar-refractivity contribution in [2.24, 2.45) is 5.73 Å². The van der Waals surface area contributed by atoms with E-state index in [1.54, 1.807) is 16.7 Å². The molecule has 24 heavy (non-hydrogen) atoms. The van der Waals surface area contributed by atoms with Crippen LogP contribution in [0.3, 0.4) is 0 Å². The molecule has 1 heterocycles. The maximum atomic E-state index is 13.0. The molecular formula is C20H20N3O+. The lowest BCUT2D eigenvalue weighted by atomic mass is 9.83. The molecule has 0 aliphatic carbocycles. The molecule has 1 aliphatic rings.